The van der Waals surface area contributed by atoms with Gasteiger partial charge in [-0.2, -0.15) is 0 Å². The molecule has 1 fully saturated rings. The Morgan fingerprint density at radius 1 is 1.36 bits per heavy atom. The van der Waals surface area contributed by atoms with Gasteiger partial charge in [-0.1, -0.05) is 20.8 Å². The molecule has 1 aliphatic heterocycles. The van der Waals surface area contributed by atoms with Crippen molar-refractivity contribution < 1.29 is 4.79 Å². The average Bonchev–Trinajstić information content (AvgIpc) is 1.92. The summed E-state index contributed by atoms with van der Waals surface area (Å²) in [5.41, 5.74) is 0.387. The van der Waals surface area contributed by atoms with Gasteiger partial charge in [0.1, 0.15) is 0 Å². The molecular weight excluding hydrogens is 176 g/mol. The van der Waals surface area contributed by atoms with Crippen LogP contribution < -0.4 is 0 Å². The summed E-state index contributed by atoms with van der Waals surface area (Å²) in [5.74, 6) is 0.707. The number of hydrogen-bond donors (Lipinski definition) is 0. The van der Waals surface area contributed by atoms with Crippen LogP contribution in [0.15, 0.2) is 0 Å². The Morgan fingerprint density at radius 3 is 2.21 bits per heavy atom. The van der Waals surface area contributed by atoms with Crippen LogP contribution in [0.4, 0.5) is 4.79 Å². The zero-order valence-corrected chi connectivity index (χ0v) is 10.0. The number of hydrogen-bond acceptors (Lipinski definition) is 1. The standard InChI is InChI=1S/C11H22N2O/c1-11(2,3)6-9-7-13(8-9)10(14)12(4)5/h9H,6-8H2,1-5H3. The molecule has 3 nitrogen and oxygen atoms in total. The number of likely N-dealkylation sites (tertiary alicyclic amines) is 1. The first-order valence-electron chi connectivity index (χ1n) is 5.26. The first-order chi connectivity index (χ1) is 6.29. The molecule has 0 N–H and O–H groups in total. The van der Waals surface area contributed by atoms with Crippen molar-refractivity contribution in [3.8, 4) is 0 Å². The monoisotopic (exact) mass is 198 g/mol. The van der Waals surface area contributed by atoms with Gasteiger partial charge in [-0.15, -0.1) is 0 Å². The van der Waals surface area contributed by atoms with Crippen LogP contribution in [0.5, 0.6) is 0 Å². The molecule has 82 valence electrons. The van der Waals surface area contributed by atoms with Crippen LogP contribution in [0.2, 0.25) is 0 Å². The van der Waals surface area contributed by atoms with E-state index in [1.807, 2.05) is 4.90 Å². The highest BCUT2D eigenvalue weighted by Crippen LogP contribution is 2.30. The van der Waals surface area contributed by atoms with Crippen molar-refractivity contribution in [1.82, 2.24) is 9.80 Å². The summed E-state index contributed by atoms with van der Waals surface area (Å²) in [6.45, 7) is 8.64. The smallest absolute Gasteiger partial charge is 0.319 e. The number of nitrogens with zero attached hydrogens (tertiary/aromatic N) is 2. The first kappa shape index (κ1) is 11.3. The molecule has 0 unspecified atom stereocenters. The van der Waals surface area contributed by atoms with Crippen molar-refractivity contribution in [3.63, 3.8) is 0 Å². The molecule has 0 bridgehead atoms. The van der Waals surface area contributed by atoms with E-state index in [1.165, 1.54) is 6.42 Å². The lowest BCUT2D eigenvalue weighted by atomic mass is 9.81. The second kappa shape index (κ2) is 3.79. The fourth-order valence-electron chi connectivity index (χ4n) is 2.00. The number of amides is 2. The molecular formula is C11H22N2O. The van der Waals surface area contributed by atoms with E-state index in [0.717, 1.165) is 13.1 Å². The maximum atomic E-state index is 11.5. The topological polar surface area (TPSA) is 23.6 Å². The van der Waals surface area contributed by atoms with Crippen LogP contribution in [0.25, 0.3) is 0 Å². The minimum absolute atomic E-state index is 0.148. The van der Waals surface area contributed by atoms with E-state index in [1.54, 1.807) is 19.0 Å². The van der Waals surface area contributed by atoms with Crippen molar-refractivity contribution in [1.29, 1.82) is 0 Å². The summed E-state index contributed by atoms with van der Waals surface area (Å²) < 4.78 is 0. The molecule has 0 spiro atoms. The van der Waals surface area contributed by atoms with E-state index in [-0.39, 0.29) is 6.03 Å². The van der Waals surface area contributed by atoms with Crippen molar-refractivity contribution in [2.45, 2.75) is 27.2 Å². The van der Waals surface area contributed by atoms with Gasteiger partial charge in [0.25, 0.3) is 0 Å². The summed E-state index contributed by atoms with van der Waals surface area (Å²) in [6, 6.07) is 0.148. The summed E-state index contributed by atoms with van der Waals surface area (Å²) in [6.07, 6.45) is 1.21. The Balaban J connectivity index is 2.27. The van der Waals surface area contributed by atoms with Gasteiger partial charge in [-0.3, -0.25) is 0 Å². The molecule has 1 rings (SSSR count). The highest BCUT2D eigenvalue weighted by Gasteiger charge is 2.33. The molecule has 2 amide bonds. The minimum Gasteiger partial charge on any atom is -0.331 e. The molecule has 14 heavy (non-hydrogen) atoms. The summed E-state index contributed by atoms with van der Waals surface area (Å²) in [4.78, 5) is 15.0. The van der Waals surface area contributed by atoms with Gasteiger partial charge in [-0.25, -0.2) is 4.79 Å². The van der Waals surface area contributed by atoms with Crippen LogP contribution in [0.1, 0.15) is 27.2 Å². The van der Waals surface area contributed by atoms with Crippen LogP contribution in [0, 0.1) is 11.3 Å². The Hall–Kier alpha value is -0.730. The van der Waals surface area contributed by atoms with Crippen LogP contribution in [-0.4, -0.2) is 43.0 Å². The first-order valence-corrected chi connectivity index (χ1v) is 5.26. The lowest BCUT2D eigenvalue weighted by Gasteiger charge is -2.43. The minimum atomic E-state index is 0.148. The van der Waals surface area contributed by atoms with Crippen molar-refractivity contribution in [2.75, 3.05) is 27.2 Å². The van der Waals surface area contributed by atoms with E-state index < -0.39 is 0 Å². The van der Waals surface area contributed by atoms with Gasteiger partial charge in [-0.05, 0) is 17.8 Å². The second-order valence-electron chi connectivity index (χ2n) is 5.71. The van der Waals surface area contributed by atoms with Gasteiger partial charge in [0.2, 0.25) is 0 Å². The second-order valence-corrected chi connectivity index (χ2v) is 5.71. The third kappa shape index (κ3) is 2.89. The maximum absolute atomic E-state index is 11.5. The molecule has 1 aliphatic rings. The highest BCUT2D eigenvalue weighted by atomic mass is 16.2. The Kier molecular flexibility index (Phi) is 3.07. The van der Waals surface area contributed by atoms with Crippen molar-refractivity contribution in [2.24, 2.45) is 11.3 Å². The largest absolute Gasteiger partial charge is 0.331 e. The molecule has 0 aromatic carbocycles. The molecule has 0 radical (unpaired) electrons. The van der Waals surface area contributed by atoms with Crippen LogP contribution in [0.3, 0.4) is 0 Å². The summed E-state index contributed by atoms with van der Waals surface area (Å²) in [5, 5.41) is 0. The quantitative estimate of drug-likeness (QED) is 0.632. The van der Waals surface area contributed by atoms with E-state index in [2.05, 4.69) is 20.8 Å². The van der Waals surface area contributed by atoms with Gasteiger partial charge in [0, 0.05) is 27.2 Å². The number of rotatable bonds is 1. The number of urea groups is 1. The van der Waals surface area contributed by atoms with E-state index >= 15 is 0 Å². The summed E-state index contributed by atoms with van der Waals surface area (Å²) >= 11 is 0. The van der Waals surface area contributed by atoms with Crippen molar-refractivity contribution >= 4 is 6.03 Å². The zero-order valence-electron chi connectivity index (χ0n) is 10.0. The highest BCUT2D eigenvalue weighted by molar-refractivity contribution is 5.74. The SMILES string of the molecule is CN(C)C(=O)N1CC(CC(C)(C)C)C1. The van der Waals surface area contributed by atoms with E-state index in [0.29, 0.717) is 11.3 Å². The average molecular weight is 198 g/mol. The van der Waals surface area contributed by atoms with Gasteiger partial charge in [0.05, 0.1) is 0 Å². The van der Waals surface area contributed by atoms with Gasteiger partial charge >= 0.3 is 6.03 Å². The number of carbonyl (C=O) groups excluding carboxylic acids is 1. The Bertz CT molecular complexity index is 212. The maximum Gasteiger partial charge on any atom is 0.319 e. The van der Waals surface area contributed by atoms with Gasteiger partial charge in [0.15, 0.2) is 0 Å². The molecule has 0 saturated carbocycles. The molecule has 3 heteroatoms. The number of carbonyl (C=O) groups is 1. The third-order valence-corrected chi connectivity index (χ3v) is 2.51. The molecule has 0 aromatic heterocycles. The lowest BCUT2D eigenvalue weighted by molar-refractivity contribution is 0.0788. The predicted molar refractivity (Wildman–Crippen MR) is 58.2 cm³/mol. The summed E-state index contributed by atoms with van der Waals surface area (Å²) in [7, 11) is 3.61. The molecule has 1 saturated heterocycles. The molecule has 1 heterocycles. The van der Waals surface area contributed by atoms with Crippen LogP contribution in [-0.2, 0) is 0 Å². The van der Waals surface area contributed by atoms with E-state index in [9.17, 15) is 4.79 Å². The molecule has 0 aromatic rings. The Labute approximate surface area is 87.1 Å². The fraction of sp³-hybridized carbons (Fsp3) is 0.909. The predicted octanol–water partition coefficient (Wildman–Crippen LogP) is 2.04. The third-order valence-electron chi connectivity index (χ3n) is 2.51. The molecule has 0 atom stereocenters. The zero-order chi connectivity index (χ0) is 10.9. The normalized spacial score (nSPS) is 17.9. The van der Waals surface area contributed by atoms with Crippen molar-refractivity contribution in [3.05, 3.63) is 0 Å². The lowest BCUT2D eigenvalue weighted by Crippen LogP contribution is -2.54. The fourth-order valence-corrected chi connectivity index (χ4v) is 2.00. The van der Waals surface area contributed by atoms with Crippen LogP contribution >= 0.6 is 0 Å². The van der Waals surface area contributed by atoms with Gasteiger partial charge < -0.3 is 9.80 Å². The Morgan fingerprint density at radius 2 is 1.86 bits per heavy atom. The molecule has 0 aliphatic carbocycles. The van der Waals surface area contributed by atoms with E-state index in [4.69, 9.17) is 0 Å².